The van der Waals surface area contributed by atoms with Crippen LogP contribution in [-0.2, 0) is 0 Å². The molecular formula is C17H23N5. The molecule has 0 bridgehead atoms. The van der Waals surface area contributed by atoms with Gasteiger partial charge in [0, 0.05) is 31.3 Å². The van der Waals surface area contributed by atoms with Crippen molar-refractivity contribution in [3.05, 3.63) is 49.1 Å². The molecule has 1 heterocycles. The number of hydrogen-bond acceptors (Lipinski definition) is 5. The van der Waals surface area contributed by atoms with E-state index in [4.69, 9.17) is 0 Å². The van der Waals surface area contributed by atoms with Crippen molar-refractivity contribution in [1.82, 2.24) is 14.9 Å². The molecule has 0 unspecified atom stereocenters. The first-order valence-corrected chi connectivity index (χ1v) is 7.37. The number of anilines is 2. The van der Waals surface area contributed by atoms with Gasteiger partial charge < -0.3 is 15.5 Å². The molecule has 5 heteroatoms. The lowest BCUT2D eigenvalue weighted by Gasteiger charge is -2.13. The van der Waals surface area contributed by atoms with Gasteiger partial charge in [-0.2, -0.15) is 0 Å². The topological polar surface area (TPSA) is 53.1 Å². The van der Waals surface area contributed by atoms with E-state index in [-0.39, 0.29) is 0 Å². The Hall–Kier alpha value is -2.40. The summed E-state index contributed by atoms with van der Waals surface area (Å²) in [4.78, 5) is 11.3. The summed E-state index contributed by atoms with van der Waals surface area (Å²) in [6.45, 7) is 6.17. The van der Waals surface area contributed by atoms with E-state index in [0.29, 0.717) is 12.4 Å². The summed E-state index contributed by atoms with van der Waals surface area (Å²) in [5, 5.41) is 6.57. The average Bonchev–Trinajstić information content (AvgIpc) is 2.53. The number of benzene rings is 1. The Morgan fingerprint density at radius 1 is 1.09 bits per heavy atom. The molecule has 0 aliphatic heterocycles. The molecule has 0 fully saturated rings. The van der Waals surface area contributed by atoms with Crippen molar-refractivity contribution in [2.24, 2.45) is 0 Å². The number of likely N-dealkylation sites (N-methyl/N-ethyl adjacent to an activating group) is 1. The van der Waals surface area contributed by atoms with E-state index in [1.54, 1.807) is 0 Å². The van der Waals surface area contributed by atoms with E-state index in [9.17, 15) is 0 Å². The molecule has 2 N–H and O–H groups in total. The van der Waals surface area contributed by atoms with Crippen LogP contribution in [0.25, 0.3) is 11.4 Å². The summed E-state index contributed by atoms with van der Waals surface area (Å²) in [5.41, 5.74) is 1.00. The second-order valence-corrected chi connectivity index (χ2v) is 5.23. The Balaban J connectivity index is 2.22. The van der Waals surface area contributed by atoms with Crippen LogP contribution >= 0.6 is 0 Å². The third-order valence-electron chi connectivity index (χ3n) is 3.05. The number of hydrogen-bond donors (Lipinski definition) is 2. The van der Waals surface area contributed by atoms with E-state index < -0.39 is 0 Å². The van der Waals surface area contributed by atoms with Gasteiger partial charge in [0.2, 0.25) is 0 Å². The first kappa shape index (κ1) is 16.0. The van der Waals surface area contributed by atoms with Gasteiger partial charge in [0.1, 0.15) is 11.6 Å². The minimum absolute atomic E-state index is 0.669. The molecule has 0 saturated carbocycles. The summed E-state index contributed by atoms with van der Waals surface area (Å²) in [5.74, 6) is 2.32. The van der Waals surface area contributed by atoms with Gasteiger partial charge in [-0.3, -0.25) is 0 Å². The highest BCUT2D eigenvalue weighted by Gasteiger charge is 2.06. The van der Waals surface area contributed by atoms with Gasteiger partial charge in [0.15, 0.2) is 5.82 Å². The van der Waals surface area contributed by atoms with Crippen molar-refractivity contribution >= 4 is 11.6 Å². The fourth-order valence-electron chi connectivity index (χ4n) is 1.93. The summed E-state index contributed by atoms with van der Waals surface area (Å²) in [6.07, 6.45) is 1.81. The Morgan fingerprint density at radius 2 is 1.77 bits per heavy atom. The van der Waals surface area contributed by atoms with Gasteiger partial charge in [0.25, 0.3) is 0 Å². The first-order valence-electron chi connectivity index (χ1n) is 7.37. The summed E-state index contributed by atoms with van der Waals surface area (Å²) in [7, 11) is 4.10. The number of nitrogens with zero attached hydrogens (tertiary/aromatic N) is 3. The van der Waals surface area contributed by atoms with Crippen LogP contribution in [0.3, 0.4) is 0 Å². The maximum absolute atomic E-state index is 4.60. The quantitative estimate of drug-likeness (QED) is 0.734. The molecule has 2 rings (SSSR count). The normalized spacial score (nSPS) is 10.5. The predicted octanol–water partition coefficient (Wildman–Crippen LogP) is 2.72. The summed E-state index contributed by atoms with van der Waals surface area (Å²) >= 11 is 0. The zero-order chi connectivity index (χ0) is 15.8. The number of rotatable bonds is 8. The molecule has 1 aromatic heterocycles. The van der Waals surface area contributed by atoms with Crippen molar-refractivity contribution in [1.29, 1.82) is 0 Å². The second kappa shape index (κ2) is 8.14. The molecule has 0 aliphatic rings. The minimum Gasteiger partial charge on any atom is -0.369 e. The van der Waals surface area contributed by atoms with Crippen molar-refractivity contribution < 1.29 is 0 Å². The van der Waals surface area contributed by atoms with Crippen LogP contribution in [0.1, 0.15) is 0 Å². The molecule has 0 amide bonds. The third-order valence-corrected chi connectivity index (χ3v) is 3.05. The lowest BCUT2D eigenvalue weighted by molar-refractivity contribution is 0.425. The van der Waals surface area contributed by atoms with E-state index in [1.807, 2.05) is 56.6 Å². The average molecular weight is 297 g/mol. The first-order chi connectivity index (χ1) is 10.7. The van der Waals surface area contributed by atoms with Crippen LogP contribution in [0.15, 0.2) is 49.1 Å². The Bertz CT molecular complexity index is 595. The highest BCUT2D eigenvalue weighted by Crippen LogP contribution is 2.19. The molecule has 0 radical (unpaired) electrons. The molecule has 2 aromatic rings. The zero-order valence-corrected chi connectivity index (χ0v) is 13.2. The molecule has 1 aromatic carbocycles. The number of aromatic nitrogens is 2. The molecule has 116 valence electrons. The van der Waals surface area contributed by atoms with Gasteiger partial charge >= 0.3 is 0 Å². The monoisotopic (exact) mass is 297 g/mol. The van der Waals surface area contributed by atoms with Crippen molar-refractivity contribution in [2.75, 3.05) is 44.4 Å². The highest BCUT2D eigenvalue weighted by atomic mass is 15.1. The van der Waals surface area contributed by atoms with Crippen LogP contribution in [0.5, 0.6) is 0 Å². The molecular weight excluding hydrogens is 274 g/mol. The van der Waals surface area contributed by atoms with Crippen LogP contribution in [0.4, 0.5) is 11.6 Å². The van der Waals surface area contributed by atoms with Crippen molar-refractivity contribution in [3.8, 4) is 11.4 Å². The van der Waals surface area contributed by atoms with Crippen molar-refractivity contribution in [2.45, 2.75) is 0 Å². The van der Waals surface area contributed by atoms with Gasteiger partial charge in [0.05, 0.1) is 0 Å². The lowest BCUT2D eigenvalue weighted by Crippen LogP contribution is -2.21. The predicted molar refractivity (Wildman–Crippen MR) is 93.2 cm³/mol. The largest absolute Gasteiger partial charge is 0.369 e. The van der Waals surface area contributed by atoms with Crippen LogP contribution in [0, 0.1) is 0 Å². The van der Waals surface area contributed by atoms with E-state index >= 15 is 0 Å². The maximum atomic E-state index is 4.60. The van der Waals surface area contributed by atoms with E-state index in [1.165, 1.54) is 0 Å². The van der Waals surface area contributed by atoms with Crippen LogP contribution in [0.2, 0.25) is 0 Å². The second-order valence-electron chi connectivity index (χ2n) is 5.23. The SMILES string of the molecule is C=CCNc1cc(NCCN(C)C)nc(-c2ccccc2)n1. The van der Waals surface area contributed by atoms with Crippen LogP contribution < -0.4 is 10.6 Å². The molecule has 0 aliphatic carbocycles. The summed E-state index contributed by atoms with van der Waals surface area (Å²) in [6, 6.07) is 11.9. The fourth-order valence-corrected chi connectivity index (χ4v) is 1.93. The Labute approximate surface area is 132 Å². The van der Waals surface area contributed by atoms with Gasteiger partial charge in [-0.05, 0) is 14.1 Å². The Morgan fingerprint density at radius 3 is 2.41 bits per heavy atom. The molecule has 0 atom stereocenters. The highest BCUT2D eigenvalue weighted by molar-refractivity contribution is 5.61. The molecule has 5 nitrogen and oxygen atoms in total. The van der Waals surface area contributed by atoms with Gasteiger partial charge in [-0.1, -0.05) is 36.4 Å². The van der Waals surface area contributed by atoms with Gasteiger partial charge in [-0.25, -0.2) is 9.97 Å². The third kappa shape index (κ3) is 4.86. The molecule has 0 saturated heterocycles. The maximum Gasteiger partial charge on any atom is 0.163 e. The Kier molecular flexibility index (Phi) is 5.91. The zero-order valence-electron chi connectivity index (χ0n) is 13.2. The fraction of sp³-hybridized carbons (Fsp3) is 0.294. The van der Waals surface area contributed by atoms with Crippen molar-refractivity contribution in [3.63, 3.8) is 0 Å². The lowest BCUT2D eigenvalue weighted by atomic mass is 10.2. The van der Waals surface area contributed by atoms with Gasteiger partial charge in [-0.15, -0.1) is 6.58 Å². The minimum atomic E-state index is 0.669. The smallest absolute Gasteiger partial charge is 0.163 e. The molecule has 22 heavy (non-hydrogen) atoms. The van der Waals surface area contributed by atoms with E-state index in [0.717, 1.165) is 30.3 Å². The molecule has 0 spiro atoms. The van der Waals surface area contributed by atoms with E-state index in [2.05, 4.69) is 32.1 Å². The summed E-state index contributed by atoms with van der Waals surface area (Å²) < 4.78 is 0. The van der Waals surface area contributed by atoms with Crippen LogP contribution in [-0.4, -0.2) is 48.6 Å². The standard InChI is InChI=1S/C17H23N5/c1-4-10-18-15-13-16(19-11-12-22(2)3)21-17(20-15)14-8-6-5-7-9-14/h4-9,13H,1,10-12H2,2-3H3,(H2,18,19,20,21). The number of nitrogens with one attached hydrogen (secondary N) is 2.